The Morgan fingerprint density at radius 3 is 2.68 bits per heavy atom. The van der Waals surface area contributed by atoms with Gasteiger partial charge in [-0.05, 0) is 37.1 Å². The van der Waals surface area contributed by atoms with Crippen molar-refractivity contribution in [3.63, 3.8) is 0 Å². The first-order chi connectivity index (χ1) is 12.1. The molecule has 0 aliphatic rings. The number of benzene rings is 2. The summed E-state index contributed by atoms with van der Waals surface area (Å²) in [5.74, 6) is 0.175. The van der Waals surface area contributed by atoms with Gasteiger partial charge < -0.3 is 10.6 Å². The van der Waals surface area contributed by atoms with Gasteiger partial charge in [0, 0.05) is 18.4 Å². The number of nitrogens with zero attached hydrogens (tertiary/aromatic N) is 2. The Morgan fingerprint density at radius 1 is 1.04 bits per heavy atom. The fourth-order valence-corrected chi connectivity index (χ4v) is 2.47. The molecule has 3 rings (SSSR count). The van der Waals surface area contributed by atoms with Crippen molar-refractivity contribution in [1.29, 1.82) is 0 Å². The lowest BCUT2D eigenvalue weighted by molar-refractivity contribution is 0.102. The highest BCUT2D eigenvalue weighted by Crippen LogP contribution is 2.14. The van der Waals surface area contributed by atoms with Crippen LogP contribution in [0.15, 0.2) is 60.8 Å². The second-order valence-electron chi connectivity index (χ2n) is 5.88. The second-order valence-corrected chi connectivity index (χ2v) is 5.88. The summed E-state index contributed by atoms with van der Waals surface area (Å²) in [5, 5.41) is 6.03. The maximum atomic E-state index is 12.4. The molecule has 126 valence electrons. The molecule has 0 atom stereocenters. The van der Waals surface area contributed by atoms with Gasteiger partial charge in [-0.1, -0.05) is 48.0 Å². The van der Waals surface area contributed by atoms with Gasteiger partial charge in [-0.25, -0.2) is 9.97 Å². The highest BCUT2D eigenvalue weighted by molar-refractivity contribution is 6.03. The number of carbonyl (C=O) groups is 1. The largest absolute Gasteiger partial charge is 0.350 e. The maximum absolute atomic E-state index is 12.4. The fraction of sp³-hybridized carbons (Fsp3) is 0.150. The van der Waals surface area contributed by atoms with Gasteiger partial charge in [0.05, 0.1) is 0 Å². The first kappa shape index (κ1) is 16.6. The number of amides is 1. The van der Waals surface area contributed by atoms with E-state index < -0.39 is 0 Å². The number of aryl methyl sites for hydroxylation is 2. The lowest BCUT2D eigenvalue weighted by Gasteiger charge is -2.09. The van der Waals surface area contributed by atoms with Crippen LogP contribution < -0.4 is 10.6 Å². The fourth-order valence-electron chi connectivity index (χ4n) is 2.47. The van der Waals surface area contributed by atoms with Gasteiger partial charge in [0.2, 0.25) is 5.95 Å². The minimum absolute atomic E-state index is 0.254. The zero-order valence-electron chi connectivity index (χ0n) is 14.3. The van der Waals surface area contributed by atoms with Gasteiger partial charge in [-0.2, -0.15) is 0 Å². The maximum Gasteiger partial charge on any atom is 0.274 e. The minimum Gasteiger partial charge on any atom is -0.350 e. The van der Waals surface area contributed by atoms with Crippen molar-refractivity contribution in [2.45, 2.75) is 20.4 Å². The second kappa shape index (κ2) is 7.57. The molecule has 1 heterocycles. The molecular weight excluding hydrogens is 312 g/mol. The zero-order valence-corrected chi connectivity index (χ0v) is 14.3. The quantitative estimate of drug-likeness (QED) is 0.742. The lowest BCUT2D eigenvalue weighted by Crippen LogP contribution is -2.16. The predicted octanol–water partition coefficient (Wildman–Crippen LogP) is 3.96. The summed E-state index contributed by atoms with van der Waals surface area (Å²) in [5.41, 5.74) is 4.44. The molecule has 0 saturated carbocycles. The number of hydrogen-bond acceptors (Lipinski definition) is 4. The molecule has 0 bridgehead atoms. The van der Waals surface area contributed by atoms with E-state index in [0.29, 0.717) is 18.2 Å². The van der Waals surface area contributed by atoms with Crippen LogP contribution >= 0.6 is 0 Å². The van der Waals surface area contributed by atoms with E-state index in [-0.39, 0.29) is 5.91 Å². The Hall–Kier alpha value is -3.21. The number of aromatic nitrogens is 2. The molecule has 0 unspecified atom stereocenters. The average molecular weight is 332 g/mol. The number of rotatable bonds is 5. The van der Waals surface area contributed by atoms with Crippen molar-refractivity contribution in [1.82, 2.24) is 9.97 Å². The topological polar surface area (TPSA) is 66.9 Å². The number of carbonyl (C=O) groups excluding carboxylic acids is 1. The van der Waals surface area contributed by atoms with Crippen LogP contribution in [0.1, 0.15) is 27.2 Å². The van der Waals surface area contributed by atoms with Crippen LogP contribution in [0.3, 0.4) is 0 Å². The summed E-state index contributed by atoms with van der Waals surface area (Å²) < 4.78 is 0. The smallest absolute Gasteiger partial charge is 0.274 e. The Bertz CT molecular complexity index is 892. The molecule has 5 heteroatoms. The van der Waals surface area contributed by atoms with E-state index in [1.54, 1.807) is 12.3 Å². The molecule has 0 radical (unpaired) electrons. The van der Waals surface area contributed by atoms with Crippen LogP contribution in [0.4, 0.5) is 11.6 Å². The van der Waals surface area contributed by atoms with Gasteiger partial charge in [0.1, 0.15) is 5.69 Å². The van der Waals surface area contributed by atoms with Crippen molar-refractivity contribution < 1.29 is 4.79 Å². The minimum atomic E-state index is -0.254. The van der Waals surface area contributed by atoms with Crippen molar-refractivity contribution in [3.8, 4) is 0 Å². The van der Waals surface area contributed by atoms with Gasteiger partial charge in [-0.15, -0.1) is 0 Å². The van der Waals surface area contributed by atoms with Crippen LogP contribution in [0, 0.1) is 13.8 Å². The Labute approximate surface area is 147 Å². The third kappa shape index (κ3) is 4.41. The Kier molecular flexibility index (Phi) is 5.04. The number of hydrogen-bond donors (Lipinski definition) is 2. The molecule has 1 aromatic heterocycles. The highest BCUT2D eigenvalue weighted by Gasteiger charge is 2.10. The molecule has 1 amide bonds. The zero-order chi connectivity index (χ0) is 17.6. The molecule has 0 fully saturated rings. The van der Waals surface area contributed by atoms with E-state index in [1.807, 2.05) is 43.3 Å². The van der Waals surface area contributed by atoms with Gasteiger partial charge in [0.15, 0.2) is 0 Å². The van der Waals surface area contributed by atoms with Crippen molar-refractivity contribution in [2.75, 3.05) is 10.6 Å². The number of para-hydroxylation sites is 1. The van der Waals surface area contributed by atoms with E-state index in [0.717, 1.165) is 16.8 Å². The van der Waals surface area contributed by atoms with E-state index in [4.69, 9.17) is 0 Å². The molecule has 0 spiro atoms. The van der Waals surface area contributed by atoms with E-state index in [1.165, 1.54) is 5.56 Å². The standard InChI is InChI=1S/C20H20N4O/c1-14-6-5-8-16(12-14)13-22-20-21-11-10-18(24-20)19(25)23-17-9-4-3-7-15(17)2/h3-12H,13H2,1-2H3,(H,23,25)(H,21,22,24). The summed E-state index contributed by atoms with van der Waals surface area (Å²) in [6, 6.07) is 17.4. The lowest BCUT2D eigenvalue weighted by atomic mass is 10.1. The van der Waals surface area contributed by atoms with Crippen molar-refractivity contribution in [2.24, 2.45) is 0 Å². The average Bonchev–Trinajstić information content (AvgIpc) is 2.62. The predicted molar refractivity (Wildman–Crippen MR) is 99.7 cm³/mol. The molecule has 5 nitrogen and oxygen atoms in total. The van der Waals surface area contributed by atoms with Gasteiger partial charge in [-0.3, -0.25) is 4.79 Å². The summed E-state index contributed by atoms with van der Waals surface area (Å²) in [4.78, 5) is 20.9. The molecule has 2 aromatic carbocycles. The van der Waals surface area contributed by atoms with Crippen LogP contribution in [0.2, 0.25) is 0 Å². The Balaban J connectivity index is 1.68. The van der Waals surface area contributed by atoms with E-state index >= 15 is 0 Å². The normalized spacial score (nSPS) is 10.3. The van der Waals surface area contributed by atoms with Crippen LogP contribution in [-0.2, 0) is 6.54 Å². The SMILES string of the molecule is Cc1cccc(CNc2nccc(C(=O)Nc3ccccc3C)n2)c1. The molecule has 2 N–H and O–H groups in total. The molecule has 0 aliphatic heterocycles. The van der Waals surface area contributed by atoms with Crippen molar-refractivity contribution in [3.05, 3.63) is 83.2 Å². The van der Waals surface area contributed by atoms with E-state index in [9.17, 15) is 4.79 Å². The summed E-state index contributed by atoms with van der Waals surface area (Å²) in [6.45, 7) is 4.60. The molecule has 0 aliphatic carbocycles. The highest BCUT2D eigenvalue weighted by atomic mass is 16.1. The monoisotopic (exact) mass is 332 g/mol. The number of anilines is 2. The van der Waals surface area contributed by atoms with Crippen LogP contribution in [0.5, 0.6) is 0 Å². The summed E-state index contributed by atoms with van der Waals surface area (Å²) in [6.07, 6.45) is 1.58. The first-order valence-electron chi connectivity index (χ1n) is 8.11. The van der Waals surface area contributed by atoms with E-state index in [2.05, 4.69) is 39.7 Å². The van der Waals surface area contributed by atoms with Crippen molar-refractivity contribution >= 4 is 17.5 Å². The Morgan fingerprint density at radius 2 is 1.88 bits per heavy atom. The molecule has 3 aromatic rings. The molecular formula is C20H20N4O. The first-order valence-corrected chi connectivity index (χ1v) is 8.11. The third-order valence-corrected chi connectivity index (χ3v) is 3.81. The number of nitrogens with one attached hydrogen (secondary N) is 2. The third-order valence-electron chi connectivity index (χ3n) is 3.81. The van der Waals surface area contributed by atoms with Gasteiger partial charge in [0.25, 0.3) is 5.91 Å². The summed E-state index contributed by atoms with van der Waals surface area (Å²) >= 11 is 0. The van der Waals surface area contributed by atoms with Crippen LogP contribution in [0.25, 0.3) is 0 Å². The van der Waals surface area contributed by atoms with Crippen LogP contribution in [-0.4, -0.2) is 15.9 Å². The molecule has 25 heavy (non-hydrogen) atoms. The molecule has 0 saturated heterocycles. The summed E-state index contributed by atoms with van der Waals surface area (Å²) in [7, 11) is 0. The van der Waals surface area contributed by atoms with Gasteiger partial charge >= 0.3 is 0 Å².